The van der Waals surface area contributed by atoms with E-state index in [-0.39, 0.29) is 18.3 Å². The highest BCUT2D eigenvalue weighted by Gasteiger charge is 2.25. The standard InChI is InChI=1S/C21H23Cl2N3O2S2.ClH/c1-13-4-5-16-18(14(13)2)24-21(29-16)26(7-3-6-25-8-10-28-11-9-25)20(27)15-12-17(22)30-19(15)23;/h4-5,12H,3,6-11H2,1-2H3;1H. The van der Waals surface area contributed by atoms with E-state index in [1.165, 1.54) is 28.2 Å². The Balaban J connectivity index is 0.00000272. The van der Waals surface area contributed by atoms with Crippen LogP contribution < -0.4 is 4.90 Å². The van der Waals surface area contributed by atoms with E-state index in [1.807, 2.05) is 0 Å². The van der Waals surface area contributed by atoms with Crippen molar-refractivity contribution in [2.75, 3.05) is 44.3 Å². The number of thiazole rings is 1. The summed E-state index contributed by atoms with van der Waals surface area (Å²) in [6, 6.07) is 5.82. The van der Waals surface area contributed by atoms with E-state index >= 15 is 0 Å². The summed E-state index contributed by atoms with van der Waals surface area (Å²) in [5.41, 5.74) is 3.73. The molecule has 0 aliphatic carbocycles. The maximum Gasteiger partial charge on any atom is 0.262 e. The molecule has 1 saturated heterocycles. The molecule has 0 spiro atoms. The van der Waals surface area contributed by atoms with Crippen LogP contribution in [0.3, 0.4) is 0 Å². The highest BCUT2D eigenvalue weighted by molar-refractivity contribution is 7.22. The van der Waals surface area contributed by atoms with Crippen LogP contribution in [0, 0.1) is 13.8 Å². The Morgan fingerprint density at radius 3 is 2.65 bits per heavy atom. The molecule has 4 rings (SSSR count). The van der Waals surface area contributed by atoms with Crippen LogP contribution in [0.2, 0.25) is 8.67 Å². The molecular weight excluding hydrogens is 497 g/mol. The van der Waals surface area contributed by atoms with Crippen LogP contribution in [0.15, 0.2) is 18.2 Å². The van der Waals surface area contributed by atoms with Gasteiger partial charge in [-0.05, 0) is 43.5 Å². The summed E-state index contributed by atoms with van der Waals surface area (Å²) >= 11 is 15.1. The second-order valence-electron chi connectivity index (χ2n) is 7.35. The number of ether oxygens (including phenoxy) is 1. The maximum atomic E-state index is 13.4. The Morgan fingerprint density at radius 2 is 1.97 bits per heavy atom. The number of aromatic nitrogens is 1. The molecule has 31 heavy (non-hydrogen) atoms. The van der Waals surface area contributed by atoms with Crippen LogP contribution in [0.5, 0.6) is 0 Å². The second-order valence-corrected chi connectivity index (χ2v) is 10.6. The minimum atomic E-state index is -0.154. The first kappa shape index (κ1) is 24.7. The minimum Gasteiger partial charge on any atom is -0.379 e. The van der Waals surface area contributed by atoms with Crippen molar-refractivity contribution < 1.29 is 9.53 Å². The fraction of sp³-hybridized carbons (Fsp3) is 0.429. The van der Waals surface area contributed by atoms with Gasteiger partial charge in [0.1, 0.15) is 4.34 Å². The molecule has 2 aromatic heterocycles. The number of anilines is 1. The minimum absolute atomic E-state index is 0. The SMILES string of the molecule is Cc1ccc2sc(N(CCCN3CCOCC3)C(=O)c3cc(Cl)sc3Cl)nc2c1C.Cl. The Kier molecular flexibility index (Phi) is 8.60. The summed E-state index contributed by atoms with van der Waals surface area (Å²) < 4.78 is 7.42. The van der Waals surface area contributed by atoms with Gasteiger partial charge in [0, 0.05) is 26.2 Å². The van der Waals surface area contributed by atoms with Gasteiger partial charge in [-0.2, -0.15) is 0 Å². The van der Waals surface area contributed by atoms with Crippen LogP contribution in [0.4, 0.5) is 5.13 Å². The third-order valence-electron chi connectivity index (χ3n) is 5.40. The van der Waals surface area contributed by atoms with E-state index in [9.17, 15) is 4.79 Å². The Hall–Kier alpha value is -0.930. The molecule has 3 heterocycles. The number of aryl methyl sites for hydroxylation is 2. The van der Waals surface area contributed by atoms with E-state index in [4.69, 9.17) is 32.9 Å². The third kappa shape index (κ3) is 5.53. The number of thiophene rings is 1. The molecule has 0 N–H and O–H groups in total. The summed E-state index contributed by atoms with van der Waals surface area (Å²) in [6.07, 6.45) is 0.842. The lowest BCUT2D eigenvalue weighted by Gasteiger charge is -2.27. The van der Waals surface area contributed by atoms with Crippen molar-refractivity contribution in [2.24, 2.45) is 0 Å². The average Bonchev–Trinajstić information content (AvgIpc) is 3.31. The topological polar surface area (TPSA) is 45.7 Å². The molecule has 0 radical (unpaired) electrons. The summed E-state index contributed by atoms with van der Waals surface area (Å²) in [5.74, 6) is -0.154. The molecule has 0 saturated carbocycles. The summed E-state index contributed by atoms with van der Waals surface area (Å²) in [6.45, 7) is 9.02. The van der Waals surface area contributed by atoms with Crippen molar-refractivity contribution in [1.29, 1.82) is 0 Å². The number of fused-ring (bicyclic) bond motifs is 1. The van der Waals surface area contributed by atoms with Gasteiger partial charge in [-0.25, -0.2) is 4.98 Å². The van der Waals surface area contributed by atoms with Crippen molar-refractivity contribution in [3.63, 3.8) is 0 Å². The zero-order valence-corrected chi connectivity index (χ0v) is 21.3. The van der Waals surface area contributed by atoms with Crippen LogP contribution in [0.25, 0.3) is 10.2 Å². The summed E-state index contributed by atoms with van der Waals surface area (Å²) in [5, 5.41) is 0.698. The van der Waals surface area contributed by atoms with Crippen LogP contribution >= 0.6 is 58.3 Å². The number of halogens is 3. The monoisotopic (exact) mass is 519 g/mol. The number of carbonyl (C=O) groups is 1. The highest BCUT2D eigenvalue weighted by Crippen LogP contribution is 2.36. The summed E-state index contributed by atoms with van der Waals surface area (Å²) in [4.78, 5) is 22.4. The molecular formula is C21H24Cl3N3O2S2. The molecule has 1 fully saturated rings. The molecule has 1 aliphatic rings. The van der Waals surface area contributed by atoms with Gasteiger partial charge < -0.3 is 4.74 Å². The fourth-order valence-electron chi connectivity index (χ4n) is 3.52. The number of nitrogens with zero attached hydrogens (tertiary/aromatic N) is 3. The Bertz CT molecular complexity index is 1060. The van der Waals surface area contributed by atoms with Gasteiger partial charge in [-0.1, -0.05) is 40.6 Å². The number of rotatable bonds is 6. The van der Waals surface area contributed by atoms with E-state index in [2.05, 4.69) is 30.9 Å². The number of hydrogen-bond donors (Lipinski definition) is 0. The molecule has 1 aromatic carbocycles. The molecule has 168 valence electrons. The van der Waals surface area contributed by atoms with Gasteiger partial charge >= 0.3 is 0 Å². The maximum absolute atomic E-state index is 13.4. The largest absolute Gasteiger partial charge is 0.379 e. The van der Waals surface area contributed by atoms with Crippen LogP contribution in [-0.2, 0) is 4.74 Å². The number of benzene rings is 1. The Labute approximate surface area is 206 Å². The zero-order valence-electron chi connectivity index (χ0n) is 17.3. The third-order valence-corrected chi connectivity index (χ3v) is 7.93. The molecule has 1 aliphatic heterocycles. The van der Waals surface area contributed by atoms with Gasteiger partial charge in [0.05, 0.1) is 33.3 Å². The lowest BCUT2D eigenvalue weighted by molar-refractivity contribution is 0.0376. The zero-order chi connectivity index (χ0) is 21.3. The van der Waals surface area contributed by atoms with Gasteiger partial charge in [0.2, 0.25) is 0 Å². The van der Waals surface area contributed by atoms with E-state index in [1.54, 1.807) is 11.0 Å². The van der Waals surface area contributed by atoms with Crippen molar-refractivity contribution in [3.05, 3.63) is 43.6 Å². The number of amides is 1. The molecule has 0 bridgehead atoms. The van der Waals surface area contributed by atoms with Crippen molar-refractivity contribution in [3.8, 4) is 0 Å². The molecule has 1 amide bonds. The van der Waals surface area contributed by atoms with Crippen LogP contribution in [-0.4, -0.2) is 55.2 Å². The van der Waals surface area contributed by atoms with E-state index in [0.717, 1.165) is 55.0 Å². The van der Waals surface area contributed by atoms with Crippen molar-refractivity contribution >= 4 is 79.5 Å². The van der Waals surface area contributed by atoms with Crippen LogP contribution in [0.1, 0.15) is 27.9 Å². The van der Waals surface area contributed by atoms with Gasteiger partial charge in [0.25, 0.3) is 5.91 Å². The van der Waals surface area contributed by atoms with E-state index in [0.29, 0.717) is 25.9 Å². The number of hydrogen-bond acceptors (Lipinski definition) is 6. The quantitative estimate of drug-likeness (QED) is 0.395. The van der Waals surface area contributed by atoms with Crippen molar-refractivity contribution in [1.82, 2.24) is 9.88 Å². The predicted octanol–water partition coefficient (Wildman–Crippen LogP) is 6.07. The molecule has 3 aromatic rings. The fourth-order valence-corrected chi connectivity index (χ4v) is 6.02. The smallest absolute Gasteiger partial charge is 0.262 e. The first-order valence-corrected chi connectivity index (χ1v) is 12.3. The number of carbonyl (C=O) groups excluding carboxylic acids is 1. The second kappa shape index (κ2) is 10.8. The molecule has 10 heteroatoms. The molecule has 5 nitrogen and oxygen atoms in total. The first-order chi connectivity index (χ1) is 14.4. The predicted molar refractivity (Wildman–Crippen MR) is 134 cm³/mol. The number of morpholine rings is 1. The van der Waals surface area contributed by atoms with Gasteiger partial charge in [-0.3, -0.25) is 14.6 Å². The lowest BCUT2D eigenvalue weighted by Crippen LogP contribution is -2.39. The molecule has 0 atom stereocenters. The first-order valence-electron chi connectivity index (χ1n) is 9.87. The van der Waals surface area contributed by atoms with E-state index < -0.39 is 0 Å². The average molecular weight is 521 g/mol. The highest BCUT2D eigenvalue weighted by atomic mass is 35.5. The van der Waals surface area contributed by atoms with Gasteiger partial charge in [-0.15, -0.1) is 23.7 Å². The summed E-state index contributed by atoms with van der Waals surface area (Å²) in [7, 11) is 0. The molecule has 0 unspecified atom stereocenters. The van der Waals surface area contributed by atoms with Crippen molar-refractivity contribution in [2.45, 2.75) is 20.3 Å². The lowest BCUT2D eigenvalue weighted by atomic mass is 10.1. The van der Waals surface area contributed by atoms with Gasteiger partial charge in [0.15, 0.2) is 5.13 Å². The normalized spacial score (nSPS) is 14.6. The Morgan fingerprint density at radius 1 is 1.23 bits per heavy atom.